The Kier molecular flexibility index (Phi) is 10.5. The molecule has 0 unspecified atom stereocenters. The van der Waals surface area contributed by atoms with Gasteiger partial charge in [-0.15, -0.1) is 0 Å². The van der Waals surface area contributed by atoms with Crippen molar-refractivity contribution in [1.29, 1.82) is 0 Å². The van der Waals surface area contributed by atoms with Crippen LogP contribution in [0.4, 0.5) is 5.69 Å². The molecular weight excluding hydrogens is 534 g/mol. The number of nitrogens with one attached hydrogen (secondary N) is 1. The van der Waals surface area contributed by atoms with Gasteiger partial charge in [0.2, 0.25) is 21.8 Å². The van der Waals surface area contributed by atoms with Crippen molar-refractivity contribution in [1.82, 2.24) is 10.2 Å². The number of carbonyl (C=O) groups is 2. The van der Waals surface area contributed by atoms with E-state index < -0.39 is 28.5 Å². The van der Waals surface area contributed by atoms with Crippen LogP contribution >= 0.6 is 11.6 Å². The van der Waals surface area contributed by atoms with E-state index in [1.54, 1.807) is 18.2 Å². The fourth-order valence-electron chi connectivity index (χ4n) is 4.21. The number of benzene rings is 3. The maximum atomic E-state index is 14.1. The normalized spacial score (nSPS) is 12.8. The standard InChI is InChI=1S/C30H36ClN3O4S/c1-5-23(3)32-30(36)28(18-24-13-7-6-8-14-24)33(20-25-15-10-9-12-22(25)2)29(35)21-34(39(4,37)38)27-17-11-16-26(31)19-27/h6-17,19,23,28H,5,18,20-21H2,1-4H3,(H,32,36)/t23-,28-/m0/s1. The minimum Gasteiger partial charge on any atom is -0.352 e. The molecule has 3 aromatic carbocycles. The first kappa shape index (κ1) is 30.2. The minimum absolute atomic E-state index is 0.0924. The molecule has 0 heterocycles. The van der Waals surface area contributed by atoms with Gasteiger partial charge in [-0.3, -0.25) is 13.9 Å². The number of rotatable bonds is 12. The third-order valence-corrected chi connectivity index (χ3v) is 8.03. The van der Waals surface area contributed by atoms with Crippen molar-refractivity contribution in [3.05, 3.63) is 101 Å². The van der Waals surface area contributed by atoms with Gasteiger partial charge in [0.1, 0.15) is 12.6 Å². The SMILES string of the molecule is CC[C@H](C)NC(=O)[C@H](Cc1ccccc1)N(Cc1ccccc1C)C(=O)CN(c1cccc(Cl)c1)S(C)(=O)=O. The summed E-state index contributed by atoms with van der Waals surface area (Å²) in [7, 11) is -3.85. The van der Waals surface area contributed by atoms with Crippen molar-refractivity contribution in [3.8, 4) is 0 Å². The maximum absolute atomic E-state index is 14.1. The van der Waals surface area contributed by atoms with Crippen molar-refractivity contribution in [2.75, 3.05) is 17.1 Å². The van der Waals surface area contributed by atoms with E-state index >= 15 is 0 Å². The zero-order valence-corrected chi connectivity index (χ0v) is 24.4. The molecule has 0 radical (unpaired) electrons. The highest BCUT2D eigenvalue weighted by Crippen LogP contribution is 2.23. The number of hydrogen-bond acceptors (Lipinski definition) is 4. The van der Waals surface area contributed by atoms with Gasteiger partial charge < -0.3 is 10.2 Å². The molecule has 3 rings (SSSR count). The minimum atomic E-state index is -3.85. The molecular formula is C30H36ClN3O4S. The molecule has 2 atom stereocenters. The third-order valence-electron chi connectivity index (χ3n) is 6.65. The van der Waals surface area contributed by atoms with E-state index in [0.717, 1.165) is 33.7 Å². The van der Waals surface area contributed by atoms with Gasteiger partial charge in [-0.25, -0.2) is 8.42 Å². The molecule has 0 saturated carbocycles. The largest absolute Gasteiger partial charge is 0.352 e. The van der Waals surface area contributed by atoms with E-state index in [9.17, 15) is 18.0 Å². The van der Waals surface area contributed by atoms with Gasteiger partial charge in [0, 0.05) is 24.0 Å². The Morgan fingerprint density at radius 2 is 1.64 bits per heavy atom. The fourth-order valence-corrected chi connectivity index (χ4v) is 5.24. The number of sulfonamides is 1. The van der Waals surface area contributed by atoms with Crippen LogP contribution in [0.2, 0.25) is 5.02 Å². The predicted molar refractivity (Wildman–Crippen MR) is 157 cm³/mol. The first-order valence-corrected chi connectivity index (χ1v) is 15.1. The molecule has 3 aromatic rings. The smallest absolute Gasteiger partial charge is 0.244 e. The average Bonchev–Trinajstić information content (AvgIpc) is 2.89. The van der Waals surface area contributed by atoms with Crippen molar-refractivity contribution in [2.45, 2.75) is 52.2 Å². The van der Waals surface area contributed by atoms with Crippen molar-refractivity contribution in [2.24, 2.45) is 0 Å². The lowest BCUT2D eigenvalue weighted by Gasteiger charge is -2.34. The summed E-state index contributed by atoms with van der Waals surface area (Å²) in [5, 5.41) is 3.37. The number of anilines is 1. The summed E-state index contributed by atoms with van der Waals surface area (Å²) in [4.78, 5) is 29.2. The number of aryl methyl sites for hydroxylation is 1. The van der Waals surface area contributed by atoms with Gasteiger partial charge in [0.05, 0.1) is 11.9 Å². The van der Waals surface area contributed by atoms with Crippen LogP contribution in [0.5, 0.6) is 0 Å². The Bertz CT molecular complexity index is 1380. The van der Waals surface area contributed by atoms with E-state index in [1.165, 1.54) is 11.0 Å². The lowest BCUT2D eigenvalue weighted by Crippen LogP contribution is -2.54. The van der Waals surface area contributed by atoms with E-state index in [-0.39, 0.29) is 30.6 Å². The molecule has 39 heavy (non-hydrogen) atoms. The highest BCUT2D eigenvalue weighted by atomic mass is 35.5. The van der Waals surface area contributed by atoms with Gasteiger partial charge in [-0.1, -0.05) is 79.2 Å². The molecule has 0 aliphatic rings. The quantitative estimate of drug-likeness (QED) is 0.334. The average molecular weight is 570 g/mol. The summed E-state index contributed by atoms with van der Waals surface area (Å²) in [6.45, 7) is 5.49. The Morgan fingerprint density at radius 1 is 0.974 bits per heavy atom. The molecule has 0 aromatic heterocycles. The second-order valence-electron chi connectivity index (χ2n) is 9.72. The van der Waals surface area contributed by atoms with Gasteiger partial charge >= 0.3 is 0 Å². The van der Waals surface area contributed by atoms with E-state index in [4.69, 9.17) is 11.6 Å². The first-order valence-electron chi connectivity index (χ1n) is 12.9. The number of hydrogen-bond donors (Lipinski definition) is 1. The Hall–Kier alpha value is -3.36. The summed E-state index contributed by atoms with van der Waals surface area (Å²) in [6.07, 6.45) is 2.05. The third kappa shape index (κ3) is 8.57. The van der Waals surface area contributed by atoms with Crippen molar-refractivity contribution < 1.29 is 18.0 Å². The van der Waals surface area contributed by atoms with Crippen LogP contribution in [0.25, 0.3) is 0 Å². The van der Waals surface area contributed by atoms with Crippen LogP contribution in [0.3, 0.4) is 0 Å². The highest BCUT2D eigenvalue weighted by molar-refractivity contribution is 7.92. The lowest BCUT2D eigenvalue weighted by molar-refractivity contribution is -0.140. The van der Waals surface area contributed by atoms with Crippen LogP contribution in [0.15, 0.2) is 78.9 Å². The number of halogens is 1. The lowest BCUT2D eigenvalue weighted by atomic mass is 10.0. The van der Waals surface area contributed by atoms with E-state index in [1.807, 2.05) is 75.4 Å². The molecule has 0 spiro atoms. The second kappa shape index (κ2) is 13.6. The topological polar surface area (TPSA) is 86.8 Å². The van der Waals surface area contributed by atoms with Crippen molar-refractivity contribution >= 4 is 39.1 Å². The van der Waals surface area contributed by atoms with Gasteiger partial charge in [-0.05, 0) is 55.2 Å². The number of nitrogens with zero attached hydrogens (tertiary/aromatic N) is 2. The highest BCUT2D eigenvalue weighted by Gasteiger charge is 2.33. The Morgan fingerprint density at radius 3 is 2.26 bits per heavy atom. The second-order valence-corrected chi connectivity index (χ2v) is 12.1. The van der Waals surface area contributed by atoms with E-state index in [0.29, 0.717) is 5.02 Å². The first-order chi connectivity index (χ1) is 18.5. The van der Waals surface area contributed by atoms with Gasteiger partial charge in [-0.2, -0.15) is 0 Å². The molecule has 1 N–H and O–H groups in total. The zero-order chi connectivity index (χ0) is 28.6. The maximum Gasteiger partial charge on any atom is 0.244 e. The van der Waals surface area contributed by atoms with Crippen LogP contribution in [0, 0.1) is 6.92 Å². The summed E-state index contributed by atoms with van der Waals surface area (Å²) in [5.74, 6) is -0.785. The van der Waals surface area contributed by atoms with Crippen LogP contribution in [-0.2, 0) is 32.6 Å². The summed E-state index contributed by atoms with van der Waals surface area (Å²) in [5.41, 5.74) is 3.00. The van der Waals surface area contributed by atoms with Crippen LogP contribution in [0.1, 0.15) is 37.0 Å². The molecule has 0 fully saturated rings. The van der Waals surface area contributed by atoms with Gasteiger partial charge in [0.15, 0.2) is 0 Å². The molecule has 208 valence electrons. The number of amides is 2. The predicted octanol–water partition coefficient (Wildman–Crippen LogP) is 4.97. The van der Waals surface area contributed by atoms with E-state index in [2.05, 4.69) is 5.32 Å². The fraction of sp³-hybridized carbons (Fsp3) is 0.333. The molecule has 9 heteroatoms. The number of carbonyl (C=O) groups excluding carboxylic acids is 2. The van der Waals surface area contributed by atoms with Gasteiger partial charge in [0.25, 0.3) is 0 Å². The van der Waals surface area contributed by atoms with Crippen LogP contribution in [-0.4, -0.2) is 50.0 Å². The zero-order valence-electron chi connectivity index (χ0n) is 22.8. The molecule has 0 aliphatic heterocycles. The summed E-state index contributed by atoms with van der Waals surface area (Å²) < 4.78 is 26.7. The molecule has 0 aliphatic carbocycles. The molecule has 0 saturated heterocycles. The Labute approximate surface area is 236 Å². The summed E-state index contributed by atoms with van der Waals surface area (Å²) in [6, 6.07) is 22.5. The Balaban J connectivity index is 2.07. The molecule has 2 amide bonds. The van der Waals surface area contributed by atoms with Crippen molar-refractivity contribution in [3.63, 3.8) is 0 Å². The summed E-state index contributed by atoms with van der Waals surface area (Å²) >= 11 is 6.14. The molecule has 0 bridgehead atoms. The van der Waals surface area contributed by atoms with Crippen LogP contribution < -0.4 is 9.62 Å². The monoisotopic (exact) mass is 569 g/mol. The molecule has 7 nitrogen and oxygen atoms in total.